The number of morpholine rings is 1. The molecule has 3 aromatic rings. The van der Waals surface area contributed by atoms with Crippen molar-refractivity contribution in [3.63, 3.8) is 0 Å². The quantitative estimate of drug-likeness (QED) is 0.682. The molecular weight excluding hydrogens is 384 g/mol. The van der Waals surface area contributed by atoms with Crippen LogP contribution in [-0.4, -0.2) is 45.5 Å². The number of aromatic amines is 1. The lowest BCUT2D eigenvalue weighted by atomic mass is 10.1. The first kappa shape index (κ1) is 19.7. The number of hydrogen-bond acceptors (Lipinski definition) is 7. The van der Waals surface area contributed by atoms with E-state index in [0.717, 1.165) is 11.3 Å². The Morgan fingerprint density at radius 3 is 2.77 bits per heavy atom. The van der Waals surface area contributed by atoms with Gasteiger partial charge in [0.15, 0.2) is 0 Å². The number of ether oxygens (including phenoxy) is 1. The van der Waals surface area contributed by atoms with E-state index in [1.54, 1.807) is 19.2 Å². The van der Waals surface area contributed by atoms with Crippen LogP contribution in [0.25, 0.3) is 11.4 Å². The van der Waals surface area contributed by atoms with Crippen LogP contribution in [0.3, 0.4) is 0 Å². The maximum atomic E-state index is 12.5. The van der Waals surface area contributed by atoms with E-state index < -0.39 is 0 Å². The average Bonchev–Trinajstić information content (AvgIpc) is 2.76. The van der Waals surface area contributed by atoms with Crippen molar-refractivity contribution in [3.8, 4) is 11.4 Å². The number of H-pyrrole nitrogens is 1. The second-order valence-electron chi connectivity index (χ2n) is 7.07. The first-order chi connectivity index (χ1) is 14.5. The lowest BCUT2D eigenvalue weighted by molar-refractivity contribution is -0.114. The zero-order valence-corrected chi connectivity index (χ0v) is 16.8. The number of amides is 1. The monoisotopic (exact) mass is 406 g/mol. The highest BCUT2D eigenvalue weighted by Crippen LogP contribution is 2.26. The molecule has 0 saturated carbocycles. The summed E-state index contributed by atoms with van der Waals surface area (Å²) >= 11 is 0. The molecular formula is C21H22N6O3. The third kappa shape index (κ3) is 4.20. The van der Waals surface area contributed by atoms with Gasteiger partial charge < -0.3 is 15.0 Å². The van der Waals surface area contributed by atoms with Crippen molar-refractivity contribution in [2.75, 3.05) is 29.9 Å². The minimum atomic E-state index is -0.198. The van der Waals surface area contributed by atoms with Gasteiger partial charge in [-0.3, -0.25) is 14.6 Å². The number of nitrogens with zero attached hydrogens (tertiary/aromatic N) is 4. The first-order valence-electron chi connectivity index (χ1n) is 9.62. The molecule has 2 aromatic heterocycles. The summed E-state index contributed by atoms with van der Waals surface area (Å²) in [5.74, 6) is 0.374. The Morgan fingerprint density at radius 1 is 1.27 bits per heavy atom. The molecule has 0 radical (unpaired) electrons. The van der Waals surface area contributed by atoms with Crippen LogP contribution in [0.4, 0.5) is 11.6 Å². The van der Waals surface area contributed by atoms with E-state index in [2.05, 4.69) is 25.3 Å². The van der Waals surface area contributed by atoms with E-state index in [4.69, 9.17) is 4.74 Å². The fourth-order valence-electron chi connectivity index (χ4n) is 3.38. The van der Waals surface area contributed by atoms with E-state index in [-0.39, 0.29) is 17.6 Å². The molecule has 0 unspecified atom stereocenters. The van der Waals surface area contributed by atoms with Crippen LogP contribution >= 0.6 is 0 Å². The number of carbonyl (C=O) groups excluding carboxylic acids is 1. The minimum Gasteiger partial charge on any atom is -0.370 e. The average molecular weight is 406 g/mol. The van der Waals surface area contributed by atoms with E-state index in [1.807, 2.05) is 29.2 Å². The summed E-state index contributed by atoms with van der Waals surface area (Å²) in [5, 5.41) is 2.75. The van der Waals surface area contributed by atoms with Gasteiger partial charge >= 0.3 is 0 Å². The van der Waals surface area contributed by atoms with Crippen LogP contribution < -0.4 is 15.8 Å². The molecule has 9 nitrogen and oxygen atoms in total. The molecule has 1 atom stereocenters. The first-order valence-corrected chi connectivity index (χ1v) is 9.62. The van der Waals surface area contributed by atoms with Gasteiger partial charge in [0.25, 0.3) is 5.56 Å². The highest BCUT2D eigenvalue weighted by Gasteiger charge is 2.25. The molecule has 0 spiro atoms. The van der Waals surface area contributed by atoms with E-state index in [1.165, 1.54) is 13.3 Å². The largest absolute Gasteiger partial charge is 0.370 e. The fourth-order valence-corrected chi connectivity index (χ4v) is 3.38. The summed E-state index contributed by atoms with van der Waals surface area (Å²) < 4.78 is 5.94. The molecule has 1 amide bonds. The van der Waals surface area contributed by atoms with Crippen LogP contribution in [0, 0.1) is 6.92 Å². The molecule has 30 heavy (non-hydrogen) atoms. The maximum Gasteiger partial charge on any atom is 0.255 e. The van der Waals surface area contributed by atoms with E-state index in [0.29, 0.717) is 42.6 Å². The molecule has 3 heterocycles. The Hall–Kier alpha value is -3.59. The standard InChI is InChI=1S/C21H22N6O3/c1-13-19(17-7-8-22-12-23-17)25-21(26-20(13)29)27-9-10-30-18(11-27)15-3-5-16(6-4-15)24-14(2)28/h3-8,12,18H,9-11H2,1-2H3,(H,24,28)(H,25,26,29)/t18-/m1/s1. The molecule has 9 heteroatoms. The highest BCUT2D eigenvalue weighted by molar-refractivity contribution is 5.88. The third-order valence-electron chi connectivity index (χ3n) is 4.93. The molecule has 1 aliphatic rings. The summed E-state index contributed by atoms with van der Waals surface area (Å²) in [6, 6.07) is 9.28. The Kier molecular flexibility index (Phi) is 5.53. The summed E-state index contributed by atoms with van der Waals surface area (Å²) in [6.45, 7) is 4.84. The van der Waals surface area contributed by atoms with Crippen molar-refractivity contribution in [2.24, 2.45) is 0 Å². The van der Waals surface area contributed by atoms with Gasteiger partial charge in [0.05, 0.1) is 18.8 Å². The SMILES string of the molecule is CC(=O)Nc1ccc([C@H]2CN(c3nc(-c4ccncn4)c(C)c(=O)[nH]3)CCO2)cc1. The van der Waals surface area contributed by atoms with E-state index >= 15 is 0 Å². The van der Waals surface area contributed by atoms with E-state index in [9.17, 15) is 9.59 Å². The van der Waals surface area contributed by atoms with Gasteiger partial charge in [-0.15, -0.1) is 0 Å². The van der Waals surface area contributed by atoms with Crippen molar-refractivity contribution in [2.45, 2.75) is 20.0 Å². The summed E-state index contributed by atoms with van der Waals surface area (Å²) in [7, 11) is 0. The van der Waals surface area contributed by atoms with Crippen LogP contribution in [0.1, 0.15) is 24.2 Å². The van der Waals surface area contributed by atoms with Gasteiger partial charge in [-0.25, -0.2) is 15.0 Å². The van der Waals surface area contributed by atoms with Crippen LogP contribution in [-0.2, 0) is 9.53 Å². The third-order valence-corrected chi connectivity index (χ3v) is 4.93. The Bertz CT molecular complexity index is 1100. The van der Waals surface area contributed by atoms with Crippen LogP contribution in [0.2, 0.25) is 0 Å². The van der Waals surface area contributed by atoms with Crippen molar-refractivity contribution in [1.29, 1.82) is 0 Å². The number of hydrogen-bond donors (Lipinski definition) is 2. The summed E-state index contributed by atoms with van der Waals surface area (Å²) in [6.07, 6.45) is 2.88. The molecule has 0 aliphatic carbocycles. The van der Waals surface area contributed by atoms with Gasteiger partial charge in [-0.05, 0) is 30.7 Å². The number of anilines is 2. The second-order valence-corrected chi connectivity index (χ2v) is 7.07. The van der Waals surface area contributed by atoms with Gasteiger partial charge in [0.1, 0.15) is 18.1 Å². The van der Waals surface area contributed by atoms with Crippen LogP contribution in [0.15, 0.2) is 47.7 Å². The fraction of sp³-hybridized carbons (Fsp3) is 0.286. The molecule has 1 aromatic carbocycles. The zero-order valence-electron chi connectivity index (χ0n) is 16.8. The summed E-state index contributed by atoms with van der Waals surface area (Å²) in [5.41, 5.74) is 3.18. The van der Waals surface area contributed by atoms with Crippen molar-refractivity contribution in [1.82, 2.24) is 19.9 Å². The Morgan fingerprint density at radius 2 is 2.07 bits per heavy atom. The maximum absolute atomic E-state index is 12.5. The topological polar surface area (TPSA) is 113 Å². The lowest BCUT2D eigenvalue weighted by Gasteiger charge is -2.33. The molecule has 1 fully saturated rings. The molecule has 4 rings (SSSR count). The normalized spacial score (nSPS) is 16.3. The minimum absolute atomic E-state index is 0.114. The van der Waals surface area contributed by atoms with Crippen molar-refractivity contribution < 1.29 is 9.53 Å². The Balaban J connectivity index is 1.58. The number of carbonyl (C=O) groups is 1. The van der Waals surface area contributed by atoms with Gasteiger partial charge in [-0.1, -0.05) is 12.1 Å². The number of rotatable bonds is 4. The summed E-state index contributed by atoms with van der Waals surface area (Å²) in [4.78, 5) is 41.4. The molecule has 1 saturated heterocycles. The predicted octanol–water partition coefficient (Wildman–Crippen LogP) is 2.07. The number of benzene rings is 1. The molecule has 1 aliphatic heterocycles. The molecule has 2 N–H and O–H groups in total. The molecule has 0 bridgehead atoms. The van der Waals surface area contributed by atoms with Crippen LogP contribution in [0.5, 0.6) is 0 Å². The van der Waals surface area contributed by atoms with Gasteiger partial charge in [-0.2, -0.15) is 0 Å². The number of aromatic nitrogens is 4. The smallest absolute Gasteiger partial charge is 0.255 e. The predicted molar refractivity (Wildman–Crippen MR) is 112 cm³/mol. The van der Waals surface area contributed by atoms with Crippen molar-refractivity contribution in [3.05, 3.63) is 64.3 Å². The molecule has 154 valence electrons. The van der Waals surface area contributed by atoms with Gasteiger partial charge in [0.2, 0.25) is 11.9 Å². The second kappa shape index (κ2) is 8.42. The zero-order chi connectivity index (χ0) is 21.1. The lowest BCUT2D eigenvalue weighted by Crippen LogP contribution is -2.40. The highest BCUT2D eigenvalue weighted by atomic mass is 16.5. The Labute approximate surface area is 173 Å². The van der Waals surface area contributed by atoms with Crippen molar-refractivity contribution >= 4 is 17.5 Å². The van der Waals surface area contributed by atoms with Gasteiger partial charge in [0, 0.05) is 30.9 Å². The number of nitrogens with one attached hydrogen (secondary N) is 2.